The third-order valence-corrected chi connectivity index (χ3v) is 2.49. The van der Waals surface area contributed by atoms with Crippen LogP contribution in [0.4, 0.5) is 10.5 Å². The summed E-state index contributed by atoms with van der Waals surface area (Å²) < 4.78 is 0. The molecule has 0 aliphatic carbocycles. The number of para-hydroxylation sites is 1. The Hall–Kier alpha value is -1.26. The summed E-state index contributed by atoms with van der Waals surface area (Å²) in [4.78, 5) is 13.3. The van der Waals surface area contributed by atoms with Gasteiger partial charge < -0.3 is 16.0 Å². The number of nitrogens with one attached hydrogen (secondary N) is 1. The zero-order chi connectivity index (χ0) is 12.0. The number of benzene rings is 1. The Morgan fingerprint density at radius 3 is 2.81 bits per heavy atom. The summed E-state index contributed by atoms with van der Waals surface area (Å²) in [5, 5.41) is 3.26. The number of hydrogen-bond donors (Lipinski definition) is 2. The van der Waals surface area contributed by atoms with E-state index >= 15 is 0 Å². The van der Waals surface area contributed by atoms with Crippen LogP contribution in [0.3, 0.4) is 0 Å². The lowest BCUT2D eigenvalue weighted by atomic mass is 10.3. The molecule has 0 bridgehead atoms. The Balaban J connectivity index is 2.54. The fourth-order valence-electron chi connectivity index (χ4n) is 1.20. The molecule has 16 heavy (non-hydrogen) atoms. The van der Waals surface area contributed by atoms with Gasteiger partial charge in [0.2, 0.25) is 0 Å². The first kappa shape index (κ1) is 12.8. The maximum atomic E-state index is 11.7. The first-order chi connectivity index (χ1) is 7.65. The topological polar surface area (TPSA) is 58.4 Å². The van der Waals surface area contributed by atoms with Gasteiger partial charge in [-0.25, -0.2) is 4.79 Å². The van der Waals surface area contributed by atoms with Crippen molar-refractivity contribution in [3.8, 4) is 0 Å². The molecular formula is C11H16ClN3O. The number of hydrogen-bond acceptors (Lipinski definition) is 2. The van der Waals surface area contributed by atoms with Crippen LogP contribution in [-0.4, -0.2) is 31.1 Å². The Labute approximate surface area is 100 Å². The third-order valence-electron chi connectivity index (χ3n) is 2.16. The van der Waals surface area contributed by atoms with Crippen molar-refractivity contribution in [3.05, 3.63) is 29.3 Å². The highest BCUT2D eigenvalue weighted by molar-refractivity contribution is 6.33. The maximum absolute atomic E-state index is 11.7. The minimum Gasteiger partial charge on any atom is -0.330 e. The molecule has 1 aromatic carbocycles. The maximum Gasteiger partial charge on any atom is 0.321 e. The molecule has 1 aromatic rings. The van der Waals surface area contributed by atoms with Gasteiger partial charge in [-0.3, -0.25) is 0 Å². The number of rotatable bonds is 4. The Morgan fingerprint density at radius 2 is 2.19 bits per heavy atom. The molecule has 4 nitrogen and oxygen atoms in total. The lowest BCUT2D eigenvalue weighted by molar-refractivity contribution is 0.222. The van der Waals surface area contributed by atoms with E-state index in [2.05, 4.69) is 5.32 Å². The molecule has 0 aliphatic rings. The summed E-state index contributed by atoms with van der Waals surface area (Å²) in [7, 11) is 1.72. The quantitative estimate of drug-likeness (QED) is 0.849. The summed E-state index contributed by atoms with van der Waals surface area (Å²) in [6, 6.07) is 6.95. The van der Waals surface area contributed by atoms with E-state index in [0.717, 1.165) is 6.42 Å². The molecule has 5 heteroatoms. The second-order valence-electron chi connectivity index (χ2n) is 3.47. The fraction of sp³-hybridized carbons (Fsp3) is 0.364. The lowest BCUT2D eigenvalue weighted by Gasteiger charge is -2.17. The molecule has 0 aromatic heterocycles. The number of halogens is 1. The number of anilines is 1. The number of nitrogens with zero attached hydrogens (tertiary/aromatic N) is 1. The SMILES string of the molecule is CN(CCCN)C(=O)Nc1ccccc1Cl. The number of carbonyl (C=O) groups excluding carboxylic acids is 1. The zero-order valence-electron chi connectivity index (χ0n) is 9.24. The average Bonchev–Trinajstić information content (AvgIpc) is 2.28. The molecule has 0 saturated carbocycles. The van der Waals surface area contributed by atoms with Crippen LogP contribution in [0.25, 0.3) is 0 Å². The van der Waals surface area contributed by atoms with Gasteiger partial charge in [-0.15, -0.1) is 0 Å². The number of urea groups is 1. The van der Waals surface area contributed by atoms with Crippen molar-refractivity contribution in [2.75, 3.05) is 25.5 Å². The number of nitrogens with two attached hydrogens (primary N) is 1. The van der Waals surface area contributed by atoms with Crippen LogP contribution in [-0.2, 0) is 0 Å². The minimum absolute atomic E-state index is 0.179. The molecule has 0 atom stereocenters. The van der Waals surface area contributed by atoms with Crippen molar-refractivity contribution < 1.29 is 4.79 Å². The van der Waals surface area contributed by atoms with Crippen LogP contribution in [0.5, 0.6) is 0 Å². The molecule has 0 unspecified atom stereocenters. The largest absolute Gasteiger partial charge is 0.330 e. The summed E-state index contributed by atoms with van der Waals surface area (Å²) in [5.41, 5.74) is 5.99. The van der Waals surface area contributed by atoms with Crippen LogP contribution in [0.1, 0.15) is 6.42 Å². The molecular weight excluding hydrogens is 226 g/mol. The lowest BCUT2D eigenvalue weighted by Crippen LogP contribution is -2.33. The monoisotopic (exact) mass is 241 g/mol. The van der Waals surface area contributed by atoms with Gasteiger partial charge in [0.15, 0.2) is 0 Å². The minimum atomic E-state index is -0.179. The second-order valence-corrected chi connectivity index (χ2v) is 3.88. The van der Waals surface area contributed by atoms with E-state index in [0.29, 0.717) is 23.8 Å². The number of amides is 2. The molecule has 88 valence electrons. The molecule has 0 aliphatic heterocycles. The van der Waals surface area contributed by atoms with E-state index in [1.54, 1.807) is 24.1 Å². The molecule has 0 heterocycles. The normalized spacial score (nSPS) is 9.94. The van der Waals surface area contributed by atoms with Gasteiger partial charge in [0.25, 0.3) is 0 Å². The van der Waals surface area contributed by atoms with Crippen molar-refractivity contribution >= 4 is 23.3 Å². The Morgan fingerprint density at radius 1 is 1.50 bits per heavy atom. The first-order valence-corrected chi connectivity index (χ1v) is 5.49. The Bertz CT molecular complexity index is 357. The standard InChI is InChI=1S/C11H16ClN3O/c1-15(8-4-7-13)11(16)14-10-6-3-2-5-9(10)12/h2-3,5-6H,4,7-8,13H2,1H3,(H,14,16). The Kier molecular flexibility index (Phi) is 5.08. The summed E-state index contributed by atoms with van der Waals surface area (Å²) >= 11 is 5.92. The molecule has 0 saturated heterocycles. The summed E-state index contributed by atoms with van der Waals surface area (Å²) in [5.74, 6) is 0. The zero-order valence-corrected chi connectivity index (χ0v) is 10.00. The predicted octanol–water partition coefficient (Wildman–Crippen LogP) is 2.15. The van der Waals surface area contributed by atoms with Crippen molar-refractivity contribution in [2.45, 2.75) is 6.42 Å². The molecule has 3 N–H and O–H groups in total. The van der Waals surface area contributed by atoms with Gasteiger partial charge in [0.05, 0.1) is 10.7 Å². The van der Waals surface area contributed by atoms with Crippen LogP contribution in [0.15, 0.2) is 24.3 Å². The molecule has 1 rings (SSSR count). The van der Waals surface area contributed by atoms with E-state index in [-0.39, 0.29) is 6.03 Å². The van der Waals surface area contributed by atoms with Crippen molar-refractivity contribution in [2.24, 2.45) is 5.73 Å². The highest BCUT2D eigenvalue weighted by atomic mass is 35.5. The van der Waals surface area contributed by atoms with E-state index < -0.39 is 0 Å². The van der Waals surface area contributed by atoms with Crippen molar-refractivity contribution in [1.29, 1.82) is 0 Å². The summed E-state index contributed by atoms with van der Waals surface area (Å²) in [6.45, 7) is 1.20. The molecule has 0 spiro atoms. The summed E-state index contributed by atoms with van der Waals surface area (Å²) in [6.07, 6.45) is 0.784. The first-order valence-electron chi connectivity index (χ1n) is 5.12. The van der Waals surface area contributed by atoms with E-state index in [9.17, 15) is 4.79 Å². The van der Waals surface area contributed by atoms with Crippen LogP contribution < -0.4 is 11.1 Å². The third kappa shape index (κ3) is 3.72. The van der Waals surface area contributed by atoms with Crippen molar-refractivity contribution in [1.82, 2.24) is 4.90 Å². The van der Waals surface area contributed by atoms with Crippen LogP contribution in [0.2, 0.25) is 5.02 Å². The molecule has 0 fully saturated rings. The second kappa shape index (κ2) is 6.35. The van der Waals surface area contributed by atoms with Crippen molar-refractivity contribution in [3.63, 3.8) is 0 Å². The van der Waals surface area contributed by atoms with Gasteiger partial charge in [0.1, 0.15) is 0 Å². The van der Waals surface area contributed by atoms with Gasteiger partial charge in [-0.1, -0.05) is 23.7 Å². The van der Waals surface area contributed by atoms with E-state index in [1.807, 2.05) is 12.1 Å². The van der Waals surface area contributed by atoms with E-state index in [4.69, 9.17) is 17.3 Å². The smallest absolute Gasteiger partial charge is 0.321 e. The molecule has 0 radical (unpaired) electrons. The predicted molar refractivity (Wildman–Crippen MR) is 66.8 cm³/mol. The van der Waals surface area contributed by atoms with Crippen LogP contribution in [0, 0.1) is 0 Å². The average molecular weight is 242 g/mol. The van der Waals surface area contributed by atoms with Gasteiger partial charge >= 0.3 is 6.03 Å². The number of carbonyl (C=O) groups is 1. The van der Waals surface area contributed by atoms with Crippen LogP contribution >= 0.6 is 11.6 Å². The van der Waals surface area contributed by atoms with Gasteiger partial charge in [0, 0.05) is 13.6 Å². The molecule has 2 amide bonds. The fourth-order valence-corrected chi connectivity index (χ4v) is 1.39. The van der Waals surface area contributed by atoms with Gasteiger partial charge in [-0.2, -0.15) is 0 Å². The highest BCUT2D eigenvalue weighted by Crippen LogP contribution is 2.20. The van der Waals surface area contributed by atoms with Gasteiger partial charge in [-0.05, 0) is 25.1 Å². The van der Waals surface area contributed by atoms with E-state index in [1.165, 1.54) is 0 Å². The highest BCUT2D eigenvalue weighted by Gasteiger charge is 2.09.